The van der Waals surface area contributed by atoms with Gasteiger partial charge in [0.15, 0.2) is 24.7 Å². The Hall–Kier alpha value is -3.80. The number of carbonyl (C=O) groups excluding carboxylic acids is 2. The summed E-state index contributed by atoms with van der Waals surface area (Å²) in [7, 11) is 0. The third-order valence-corrected chi connectivity index (χ3v) is 4.31. The van der Waals surface area contributed by atoms with Gasteiger partial charge in [0.1, 0.15) is 0 Å². The first kappa shape index (κ1) is 21.9. The Kier molecular flexibility index (Phi) is 8.05. The molecule has 0 saturated heterocycles. The Morgan fingerprint density at radius 3 is 2.16 bits per heavy atom. The van der Waals surface area contributed by atoms with Crippen LogP contribution in [0, 0.1) is 0 Å². The molecule has 6 nitrogen and oxygen atoms in total. The zero-order chi connectivity index (χ0) is 21.9. The van der Waals surface area contributed by atoms with Gasteiger partial charge in [-0.3, -0.25) is 4.79 Å². The molecule has 3 rings (SSSR count). The number of rotatable bonds is 10. The van der Waals surface area contributed by atoms with Gasteiger partial charge in [-0.15, -0.1) is 0 Å². The van der Waals surface area contributed by atoms with Crippen molar-refractivity contribution in [2.75, 3.05) is 25.1 Å². The van der Waals surface area contributed by atoms with Gasteiger partial charge in [-0.05, 0) is 30.2 Å². The molecule has 3 aromatic carbocycles. The van der Waals surface area contributed by atoms with Crippen LogP contribution in [0.4, 0.5) is 5.69 Å². The normalized spacial score (nSPS) is 10.2. The van der Waals surface area contributed by atoms with Crippen LogP contribution in [0.25, 0.3) is 11.1 Å². The first-order chi connectivity index (χ1) is 15.2. The van der Waals surface area contributed by atoms with Crippen LogP contribution in [0.1, 0.15) is 13.3 Å². The molecule has 0 atom stereocenters. The summed E-state index contributed by atoms with van der Waals surface area (Å²) in [6.07, 6.45) is 0.860. The van der Waals surface area contributed by atoms with Gasteiger partial charge in [0, 0.05) is 11.3 Å². The molecule has 0 saturated carbocycles. The molecule has 1 N–H and O–H groups in total. The van der Waals surface area contributed by atoms with Crippen LogP contribution < -0.4 is 14.8 Å². The van der Waals surface area contributed by atoms with Crippen molar-refractivity contribution in [3.8, 4) is 22.6 Å². The van der Waals surface area contributed by atoms with Gasteiger partial charge in [0.25, 0.3) is 5.91 Å². The summed E-state index contributed by atoms with van der Waals surface area (Å²) < 4.78 is 16.1. The van der Waals surface area contributed by atoms with E-state index >= 15 is 0 Å². The highest BCUT2D eigenvalue weighted by atomic mass is 16.6. The van der Waals surface area contributed by atoms with Gasteiger partial charge in [-0.2, -0.15) is 0 Å². The first-order valence-corrected chi connectivity index (χ1v) is 10.1. The maximum atomic E-state index is 12.3. The Morgan fingerprint density at radius 2 is 1.42 bits per heavy atom. The molecule has 0 spiro atoms. The molecule has 0 radical (unpaired) electrons. The van der Waals surface area contributed by atoms with Crippen molar-refractivity contribution in [2.45, 2.75) is 13.3 Å². The highest BCUT2D eigenvalue weighted by Crippen LogP contribution is 2.28. The monoisotopic (exact) mass is 419 g/mol. The second-order valence-electron chi connectivity index (χ2n) is 6.70. The van der Waals surface area contributed by atoms with Gasteiger partial charge in [0.05, 0.1) is 6.61 Å². The fraction of sp³-hybridized carbons (Fsp3) is 0.200. The Labute approximate surface area is 181 Å². The standard InChI is InChI=1S/C25H25NO5/c1-2-16-29-22-14-8-9-15-23(22)30-18-25(28)31-17-24(27)26-21-13-7-6-12-20(21)19-10-4-3-5-11-19/h3-15H,2,16-18H2,1H3,(H,26,27). The summed E-state index contributed by atoms with van der Waals surface area (Å²) in [5.41, 5.74) is 2.51. The van der Waals surface area contributed by atoms with Crippen LogP contribution in [0.3, 0.4) is 0 Å². The number of benzene rings is 3. The minimum absolute atomic E-state index is 0.319. The molecule has 31 heavy (non-hydrogen) atoms. The average Bonchev–Trinajstić information content (AvgIpc) is 2.81. The van der Waals surface area contributed by atoms with Crippen LogP contribution >= 0.6 is 0 Å². The topological polar surface area (TPSA) is 73.9 Å². The van der Waals surface area contributed by atoms with E-state index in [1.165, 1.54) is 0 Å². The summed E-state index contributed by atoms with van der Waals surface area (Å²) in [5, 5.41) is 2.79. The Balaban J connectivity index is 1.50. The predicted octanol–water partition coefficient (Wildman–Crippen LogP) is 4.70. The summed E-state index contributed by atoms with van der Waals surface area (Å²) in [4.78, 5) is 24.3. The summed E-state index contributed by atoms with van der Waals surface area (Å²) in [6, 6.07) is 24.3. The number of amides is 1. The number of hydrogen-bond acceptors (Lipinski definition) is 5. The lowest BCUT2D eigenvalue weighted by atomic mass is 10.0. The van der Waals surface area contributed by atoms with E-state index in [4.69, 9.17) is 14.2 Å². The summed E-state index contributed by atoms with van der Waals surface area (Å²) in [6.45, 7) is 1.83. The number of nitrogens with one attached hydrogen (secondary N) is 1. The zero-order valence-corrected chi connectivity index (χ0v) is 17.4. The van der Waals surface area contributed by atoms with Gasteiger partial charge >= 0.3 is 5.97 Å². The highest BCUT2D eigenvalue weighted by molar-refractivity contribution is 5.96. The second kappa shape index (κ2) is 11.4. The van der Waals surface area contributed by atoms with Crippen molar-refractivity contribution in [1.29, 1.82) is 0 Å². The van der Waals surface area contributed by atoms with Crippen LogP contribution in [-0.4, -0.2) is 31.7 Å². The van der Waals surface area contributed by atoms with Crippen molar-refractivity contribution in [2.24, 2.45) is 0 Å². The first-order valence-electron chi connectivity index (χ1n) is 10.1. The van der Waals surface area contributed by atoms with Crippen molar-refractivity contribution in [3.63, 3.8) is 0 Å². The van der Waals surface area contributed by atoms with E-state index in [0.29, 0.717) is 23.8 Å². The lowest BCUT2D eigenvalue weighted by Crippen LogP contribution is -2.24. The predicted molar refractivity (Wildman–Crippen MR) is 119 cm³/mol. The molecule has 0 aliphatic rings. The van der Waals surface area contributed by atoms with Gasteiger partial charge in [-0.1, -0.05) is 67.6 Å². The van der Waals surface area contributed by atoms with E-state index in [2.05, 4.69) is 5.32 Å². The van der Waals surface area contributed by atoms with E-state index in [9.17, 15) is 9.59 Å². The molecule has 0 aliphatic heterocycles. The van der Waals surface area contributed by atoms with Crippen molar-refractivity contribution in [1.82, 2.24) is 0 Å². The minimum Gasteiger partial charge on any atom is -0.490 e. The lowest BCUT2D eigenvalue weighted by Gasteiger charge is -2.13. The molecular weight excluding hydrogens is 394 g/mol. The third kappa shape index (κ3) is 6.60. The molecule has 0 heterocycles. The van der Waals surface area contributed by atoms with Crippen LogP contribution in [0.5, 0.6) is 11.5 Å². The third-order valence-electron chi connectivity index (χ3n) is 4.31. The van der Waals surface area contributed by atoms with E-state index in [1.54, 1.807) is 24.3 Å². The zero-order valence-electron chi connectivity index (χ0n) is 17.4. The molecule has 0 unspecified atom stereocenters. The van der Waals surface area contributed by atoms with E-state index < -0.39 is 18.5 Å². The largest absolute Gasteiger partial charge is 0.490 e. The quantitative estimate of drug-likeness (QED) is 0.482. The number of esters is 1. The van der Waals surface area contributed by atoms with Crippen LogP contribution in [0.2, 0.25) is 0 Å². The smallest absolute Gasteiger partial charge is 0.344 e. The maximum Gasteiger partial charge on any atom is 0.344 e. The van der Waals surface area contributed by atoms with Crippen molar-refractivity contribution >= 4 is 17.6 Å². The number of ether oxygens (including phenoxy) is 3. The van der Waals surface area contributed by atoms with E-state index in [0.717, 1.165) is 17.5 Å². The molecule has 3 aromatic rings. The van der Waals surface area contributed by atoms with E-state index in [-0.39, 0.29) is 6.61 Å². The number of para-hydroxylation sites is 3. The highest BCUT2D eigenvalue weighted by Gasteiger charge is 2.12. The number of hydrogen-bond donors (Lipinski definition) is 1. The SMILES string of the molecule is CCCOc1ccccc1OCC(=O)OCC(=O)Nc1ccccc1-c1ccccc1. The van der Waals surface area contributed by atoms with Crippen LogP contribution in [0.15, 0.2) is 78.9 Å². The second-order valence-corrected chi connectivity index (χ2v) is 6.70. The Bertz CT molecular complexity index is 1000. The molecule has 0 aliphatic carbocycles. The van der Waals surface area contributed by atoms with E-state index in [1.807, 2.05) is 61.5 Å². The van der Waals surface area contributed by atoms with Crippen molar-refractivity contribution < 1.29 is 23.8 Å². The molecule has 1 amide bonds. The number of anilines is 1. The molecule has 6 heteroatoms. The molecule has 0 bridgehead atoms. The molecule has 0 aromatic heterocycles. The molecular formula is C25H25NO5. The van der Waals surface area contributed by atoms with Gasteiger partial charge in [-0.25, -0.2) is 4.79 Å². The average molecular weight is 419 g/mol. The fourth-order valence-corrected chi connectivity index (χ4v) is 2.87. The lowest BCUT2D eigenvalue weighted by molar-refractivity contribution is -0.149. The molecule has 0 fully saturated rings. The van der Waals surface area contributed by atoms with Gasteiger partial charge in [0.2, 0.25) is 0 Å². The maximum absolute atomic E-state index is 12.3. The minimum atomic E-state index is -0.642. The van der Waals surface area contributed by atoms with Crippen LogP contribution in [-0.2, 0) is 14.3 Å². The fourth-order valence-electron chi connectivity index (χ4n) is 2.87. The van der Waals surface area contributed by atoms with Crippen molar-refractivity contribution in [3.05, 3.63) is 78.9 Å². The Morgan fingerprint density at radius 1 is 0.774 bits per heavy atom. The summed E-state index contributed by atoms with van der Waals surface area (Å²) in [5.74, 6) is -0.0539. The van der Waals surface area contributed by atoms with Gasteiger partial charge < -0.3 is 19.5 Å². The summed E-state index contributed by atoms with van der Waals surface area (Å²) >= 11 is 0. The molecule has 160 valence electrons. The number of carbonyl (C=O) groups is 2.